The summed E-state index contributed by atoms with van der Waals surface area (Å²) in [7, 11) is 0. The van der Waals surface area contributed by atoms with E-state index in [-0.39, 0.29) is 5.41 Å². The Hall–Kier alpha value is -0.300. The maximum atomic E-state index is 10.0. The molecule has 1 nitrogen and oxygen atoms in total. The standard InChI is InChI=1S/C10H16O/c1-7-9(2,3)8-4-5-10(7,11)6-8/h8,11H,1,4-6H2,2-3H3. The third-order valence-corrected chi connectivity index (χ3v) is 3.85. The van der Waals surface area contributed by atoms with Crippen LogP contribution in [-0.4, -0.2) is 10.7 Å². The SMILES string of the molecule is C=C1C2(O)CCC(C2)C1(C)C. The Morgan fingerprint density at radius 1 is 1.55 bits per heavy atom. The number of hydrogen-bond acceptors (Lipinski definition) is 1. The first-order chi connectivity index (χ1) is 4.97. The molecule has 2 aliphatic carbocycles. The monoisotopic (exact) mass is 152 g/mol. The molecule has 0 aromatic carbocycles. The van der Waals surface area contributed by atoms with Crippen LogP contribution in [0.4, 0.5) is 0 Å². The van der Waals surface area contributed by atoms with E-state index in [0.29, 0.717) is 5.92 Å². The van der Waals surface area contributed by atoms with Gasteiger partial charge in [0, 0.05) is 0 Å². The zero-order valence-electron chi connectivity index (χ0n) is 7.35. The van der Waals surface area contributed by atoms with E-state index in [2.05, 4.69) is 20.4 Å². The first-order valence-electron chi connectivity index (χ1n) is 4.39. The summed E-state index contributed by atoms with van der Waals surface area (Å²) >= 11 is 0. The smallest absolute Gasteiger partial charge is 0.0862 e. The average Bonchev–Trinajstić information content (AvgIpc) is 2.36. The summed E-state index contributed by atoms with van der Waals surface area (Å²) < 4.78 is 0. The third kappa shape index (κ3) is 0.698. The maximum absolute atomic E-state index is 10.0. The van der Waals surface area contributed by atoms with Gasteiger partial charge in [0.15, 0.2) is 0 Å². The summed E-state index contributed by atoms with van der Waals surface area (Å²) in [6.07, 6.45) is 3.08. The number of fused-ring (bicyclic) bond motifs is 2. The van der Waals surface area contributed by atoms with Crippen LogP contribution in [0.2, 0.25) is 0 Å². The largest absolute Gasteiger partial charge is 0.385 e. The average molecular weight is 152 g/mol. The Morgan fingerprint density at radius 2 is 2.18 bits per heavy atom. The first kappa shape index (κ1) is 7.35. The zero-order chi connectivity index (χ0) is 8.28. The van der Waals surface area contributed by atoms with Gasteiger partial charge in [-0.1, -0.05) is 20.4 Å². The van der Waals surface area contributed by atoms with Crippen LogP contribution in [0.1, 0.15) is 33.1 Å². The molecule has 2 fully saturated rings. The fourth-order valence-electron chi connectivity index (χ4n) is 2.76. The van der Waals surface area contributed by atoms with Crippen molar-refractivity contribution in [1.29, 1.82) is 0 Å². The summed E-state index contributed by atoms with van der Waals surface area (Å²) in [6, 6.07) is 0. The van der Waals surface area contributed by atoms with Gasteiger partial charge in [-0.05, 0) is 36.2 Å². The van der Waals surface area contributed by atoms with Gasteiger partial charge in [-0.2, -0.15) is 0 Å². The quantitative estimate of drug-likeness (QED) is 0.527. The van der Waals surface area contributed by atoms with E-state index >= 15 is 0 Å². The molecule has 2 aliphatic rings. The second-order valence-corrected chi connectivity index (χ2v) is 4.67. The van der Waals surface area contributed by atoms with E-state index in [0.717, 1.165) is 18.4 Å². The molecule has 0 radical (unpaired) electrons. The normalized spacial score (nSPS) is 46.8. The molecule has 2 unspecified atom stereocenters. The molecule has 0 amide bonds. The highest BCUT2D eigenvalue weighted by Gasteiger charge is 2.56. The molecule has 0 aliphatic heterocycles. The van der Waals surface area contributed by atoms with Crippen molar-refractivity contribution in [2.45, 2.75) is 38.7 Å². The van der Waals surface area contributed by atoms with Crippen molar-refractivity contribution >= 4 is 0 Å². The molecule has 2 rings (SSSR count). The molecule has 0 spiro atoms. The Labute approximate surface area is 68.1 Å². The Kier molecular flexibility index (Phi) is 1.15. The van der Waals surface area contributed by atoms with Crippen LogP contribution in [0.5, 0.6) is 0 Å². The first-order valence-corrected chi connectivity index (χ1v) is 4.39. The summed E-state index contributed by atoms with van der Waals surface area (Å²) in [4.78, 5) is 0. The van der Waals surface area contributed by atoms with Crippen molar-refractivity contribution in [3.63, 3.8) is 0 Å². The summed E-state index contributed by atoms with van der Waals surface area (Å²) in [5.41, 5.74) is 0.766. The van der Waals surface area contributed by atoms with Crippen LogP contribution in [0, 0.1) is 11.3 Å². The van der Waals surface area contributed by atoms with Crippen LogP contribution in [0.15, 0.2) is 12.2 Å². The lowest BCUT2D eigenvalue weighted by Gasteiger charge is -2.34. The van der Waals surface area contributed by atoms with E-state index in [1.54, 1.807) is 0 Å². The molecule has 2 saturated carbocycles. The van der Waals surface area contributed by atoms with Gasteiger partial charge < -0.3 is 5.11 Å². The van der Waals surface area contributed by atoms with Gasteiger partial charge in [0.1, 0.15) is 0 Å². The van der Waals surface area contributed by atoms with Crippen LogP contribution >= 0.6 is 0 Å². The fraction of sp³-hybridized carbons (Fsp3) is 0.800. The molecular weight excluding hydrogens is 136 g/mol. The lowest BCUT2D eigenvalue weighted by molar-refractivity contribution is 0.0850. The lowest BCUT2D eigenvalue weighted by atomic mass is 9.72. The minimum absolute atomic E-state index is 0.188. The predicted molar refractivity (Wildman–Crippen MR) is 45.2 cm³/mol. The van der Waals surface area contributed by atoms with E-state index in [9.17, 15) is 5.11 Å². The van der Waals surface area contributed by atoms with E-state index < -0.39 is 5.60 Å². The summed E-state index contributed by atoms with van der Waals surface area (Å²) in [6.45, 7) is 8.42. The minimum atomic E-state index is -0.492. The molecule has 1 N–H and O–H groups in total. The second kappa shape index (κ2) is 1.71. The predicted octanol–water partition coefficient (Wildman–Crippen LogP) is 2.11. The fourth-order valence-corrected chi connectivity index (χ4v) is 2.76. The molecule has 0 aromatic rings. The number of hydrogen-bond donors (Lipinski definition) is 1. The van der Waals surface area contributed by atoms with Gasteiger partial charge in [-0.15, -0.1) is 0 Å². The molecular formula is C10H16O. The van der Waals surface area contributed by atoms with Crippen molar-refractivity contribution in [2.24, 2.45) is 11.3 Å². The molecule has 62 valence electrons. The van der Waals surface area contributed by atoms with Crippen molar-refractivity contribution in [3.8, 4) is 0 Å². The van der Waals surface area contributed by atoms with Crippen molar-refractivity contribution in [3.05, 3.63) is 12.2 Å². The molecule has 0 aromatic heterocycles. The van der Waals surface area contributed by atoms with E-state index in [1.165, 1.54) is 6.42 Å². The van der Waals surface area contributed by atoms with Gasteiger partial charge in [0.2, 0.25) is 0 Å². The van der Waals surface area contributed by atoms with E-state index in [1.807, 2.05) is 0 Å². The minimum Gasteiger partial charge on any atom is -0.385 e. The van der Waals surface area contributed by atoms with Crippen molar-refractivity contribution in [1.82, 2.24) is 0 Å². The number of rotatable bonds is 0. The maximum Gasteiger partial charge on any atom is 0.0862 e. The highest BCUT2D eigenvalue weighted by atomic mass is 16.3. The molecule has 2 atom stereocenters. The topological polar surface area (TPSA) is 20.2 Å². The third-order valence-electron chi connectivity index (χ3n) is 3.85. The van der Waals surface area contributed by atoms with E-state index in [4.69, 9.17) is 0 Å². The zero-order valence-corrected chi connectivity index (χ0v) is 7.35. The van der Waals surface area contributed by atoms with Gasteiger partial charge in [-0.3, -0.25) is 0 Å². The Bertz CT molecular complexity index is 210. The highest BCUT2D eigenvalue weighted by Crippen LogP contribution is 2.60. The Balaban J connectivity index is 2.42. The molecule has 1 heteroatoms. The molecule has 0 saturated heterocycles. The summed E-state index contributed by atoms with van der Waals surface area (Å²) in [5, 5.41) is 10.0. The highest BCUT2D eigenvalue weighted by molar-refractivity contribution is 5.31. The molecule has 2 bridgehead atoms. The van der Waals surface area contributed by atoms with Gasteiger partial charge in [0.25, 0.3) is 0 Å². The van der Waals surface area contributed by atoms with Gasteiger partial charge >= 0.3 is 0 Å². The lowest BCUT2D eigenvalue weighted by Crippen LogP contribution is -2.31. The second-order valence-electron chi connectivity index (χ2n) is 4.67. The molecule has 0 heterocycles. The van der Waals surface area contributed by atoms with Crippen LogP contribution < -0.4 is 0 Å². The Morgan fingerprint density at radius 3 is 2.45 bits per heavy atom. The summed E-state index contributed by atoms with van der Waals surface area (Å²) in [5.74, 6) is 0.681. The number of aliphatic hydroxyl groups is 1. The van der Waals surface area contributed by atoms with Crippen molar-refractivity contribution < 1.29 is 5.11 Å². The van der Waals surface area contributed by atoms with Gasteiger partial charge in [0.05, 0.1) is 5.60 Å². The van der Waals surface area contributed by atoms with Crippen LogP contribution in [0.25, 0.3) is 0 Å². The van der Waals surface area contributed by atoms with Crippen LogP contribution in [-0.2, 0) is 0 Å². The van der Waals surface area contributed by atoms with Crippen molar-refractivity contribution in [2.75, 3.05) is 0 Å². The van der Waals surface area contributed by atoms with Gasteiger partial charge in [-0.25, -0.2) is 0 Å². The van der Waals surface area contributed by atoms with Crippen LogP contribution in [0.3, 0.4) is 0 Å². The molecule has 11 heavy (non-hydrogen) atoms.